The van der Waals surface area contributed by atoms with Crippen LogP contribution in [0.4, 0.5) is 0 Å². The number of hydrogen-bond acceptors (Lipinski definition) is 6. The highest BCUT2D eigenvalue weighted by molar-refractivity contribution is 5.71. The Balaban J connectivity index is 4.36. The standard InChI is InChI=1S/C59H108O6/c1-4-7-10-13-16-19-22-25-27-29-31-34-37-40-43-46-49-52-58(61)64-55-56(54-63-57(60)51-48-45-42-39-36-33-24-21-18-15-12-9-6-3)65-59(62)53-50-47-44-41-38-35-32-30-28-26-23-20-17-14-11-8-5-2/h16,19,25-28,56H,4-15,17-18,20-24,29-55H2,1-3H3/b19-16+,27-25+,28-26+/t56-/m1/s1. The molecular formula is C59H108O6. The van der Waals surface area contributed by atoms with E-state index < -0.39 is 6.10 Å². The summed E-state index contributed by atoms with van der Waals surface area (Å²) in [5.74, 6) is -0.870. The molecule has 0 rings (SSSR count). The van der Waals surface area contributed by atoms with E-state index in [1.165, 1.54) is 193 Å². The molecule has 1 atom stereocenters. The first-order valence-corrected chi connectivity index (χ1v) is 28.5. The summed E-state index contributed by atoms with van der Waals surface area (Å²) in [6, 6.07) is 0. The molecule has 0 N–H and O–H groups in total. The summed E-state index contributed by atoms with van der Waals surface area (Å²) in [7, 11) is 0. The molecule has 6 nitrogen and oxygen atoms in total. The SMILES string of the molecule is CCCCC/C=C/C/C=C/CCCCCCCCCC(=O)OC[C@@H](COC(=O)CCCCCCCCCCCCCCC)OC(=O)CCCCCCCCC/C=C/CCCCCCCC. The number of carbonyl (C=O) groups is 3. The summed E-state index contributed by atoms with van der Waals surface area (Å²) in [5, 5.41) is 0. The second kappa shape index (κ2) is 54.2. The zero-order chi connectivity index (χ0) is 47.2. The molecule has 0 unspecified atom stereocenters. The van der Waals surface area contributed by atoms with Crippen LogP contribution in [0.25, 0.3) is 0 Å². The van der Waals surface area contributed by atoms with E-state index in [1.807, 2.05) is 0 Å². The first kappa shape index (κ1) is 62.6. The Morgan fingerprint density at radius 1 is 0.308 bits per heavy atom. The van der Waals surface area contributed by atoms with E-state index in [9.17, 15) is 14.4 Å². The minimum Gasteiger partial charge on any atom is -0.462 e. The molecule has 6 heteroatoms. The van der Waals surface area contributed by atoms with Crippen LogP contribution >= 0.6 is 0 Å². The van der Waals surface area contributed by atoms with Gasteiger partial charge in [0.2, 0.25) is 0 Å². The van der Waals surface area contributed by atoms with Gasteiger partial charge < -0.3 is 14.2 Å². The van der Waals surface area contributed by atoms with Gasteiger partial charge in [0.05, 0.1) is 0 Å². The summed E-state index contributed by atoms with van der Waals surface area (Å²) in [5.41, 5.74) is 0. The predicted molar refractivity (Wildman–Crippen MR) is 279 cm³/mol. The van der Waals surface area contributed by atoms with Gasteiger partial charge in [-0.15, -0.1) is 0 Å². The number of rotatable bonds is 52. The molecule has 0 fully saturated rings. The molecule has 0 saturated carbocycles. The molecule has 0 heterocycles. The summed E-state index contributed by atoms with van der Waals surface area (Å²) < 4.78 is 16.9. The molecule has 0 bridgehead atoms. The highest BCUT2D eigenvalue weighted by Crippen LogP contribution is 2.16. The van der Waals surface area contributed by atoms with Crippen molar-refractivity contribution in [1.29, 1.82) is 0 Å². The second-order valence-corrected chi connectivity index (χ2v) is 19.2. The van der Waals surface area contributed by atoms with Gasteiger partial charge in [0.15, 0.2) is 6.10 Å². The van der Waals surface area contributed by atoms with Crippen LogP contribution in [-0.4, -0.2) is 37.2 Å². The van der Waals surface area contributed by atoms with Crippen molar-refractivity contribution in [1.82, 2.24) is 0 Å². The van der Waals surface area contributed by atoms with Crippen LogP contribution in [0.2, 0.25) is 0 Å². The van der Waals surface area contributed by atoms with E-state index in [1.54, 1.807) is 0 Å². The van der Waals surface area contributed by atoms with Crippen LogP contribution in [0, 0.1) is 0 Å². The summed E-state index contributed by atoms with van der Waals surface area (Å²) >= 11 is 0. The van der Waals surface area contributed by atoms with E-state index >= 15 is 0 Å². The van der Waals surface area contributed by atoms with E-state index in [4.69, 9.17) is 14.2 Å². The van der Waals surface area contributed by atoms with Crippen LogP contribution < -0.4 is 0 Å². The Morgan fingerprint density at radius 2 is 0.554 bits per heavy atom. The monoisotopic (exact) mass is 913 g/mol. The fraction of sp³-hybridized carbons (Fsp3) is 0.847. The Kier molecular flexibility index (Phi) is 52.3. The molecule has 0 amide bonds. The molecule has 0 saturated heterocycles. The first-order valence-electron chi connectivity index (χ1n) is 28.5. The van der Waals surface area contributed by atoms with Crippen molar-refractivity contribution in [2.24, 2.45) is 0 Å². The van der Waals surface area contributed by atoms with Crippen LogP contribution in [0.1, 0.15) is 303 Å². The summed E-state index contributed by atoms with van der Waals surface area (Å²) in [6.07, 6.45) is 64.1. The third-order valence-corrected chi connectivity index (χ3v) is 12.6. The molecule has 0 aromatic rings. The number of allylic oxidation sites excluding steroid dienone is 6. The number of ether oxygens (including phenoxy) is 3. The van der Waals surface area contributed by atoms with Crippen molar-refractivity contribution in [3.63, 3.8) is 0 Å². The van der Waals surface area contributed by atoms with Crippen molar-refractivity contribution >= 4 is 17.9 Å². The molecular weight excluding hydrogens is 805 g/mol. The maximum absolute atomic E-state index is 12.8. The number of unbranched alkanes of at least 4 members (excludes halogenated alkanes) is 35. The first-order chi connectivity index (χ1) is 32.0. The van der Waals surface area contributed by atoms with Crippen LogP contribution in [0.5, 0.6) is 0 Å². The van der Waals surface area contributed by atoms with Crippen LogP contribution in [0.3, 0.4) is 0 Å². The lowest BCUT2D eigenvalue weighted by atomic mass is 10.0. The average Bonchev–Trinajstić information content (AvgIpc) is 3.30. The highest BCUT2D eigenvalue weighted by Gasteiger charge is 2.19. The number of esters is 3. The van der Waals surface area contributed by atoms with E-state index in [0.29, 0.717) is 19.3 Å². The van der Waals surface area contributed by atoms with Gasteiger partial charge in [-0.2, -0.15) is 0 Å². The Bertz CT molecular complexity index is 1090. The lowest BCUT2D eigenvalue weighted by Gasteiger charge is -2.18. The maximum atomic E-state index is 12.8. The van der Waals surface area contributed by atoms with Gasteiger partial charge in [0.25, 0.3) is 0 Å². The maximum Gasteiger partial charge on any atom is 0.306 e. The number of hydrogen-bond donors (Lipinski definition) is 0. The molecule has 0 spiro atoms. The van der Waals surface area contributed by atoms with Gasteiger partial charge in [-0.25, -0.2) is 0 Å². The van der Waals surface area contributed by atoms with E-state index in [-0.39, 0.29) is 31.1 Å². The van der Waals surface area contributed by atoms with Crippen LogP contribution in [0.15, 0.2) is 36.5 Å². The van der Waals surface area contributed by atoms with Gasteiger partial charge >= 0.3 is 17.9 Å². The molecule has 0 aliphatic rings. The Labute approximate surface area is 404 Å². The van der Waals surface area contributed by atoms with Crippen molar-refractivity contribution in [2.75, 3.05) is 13.2 Å². The smallest absolute Gasteiger partial charge is 0.306 e. The molecule has 380 valence electrons. The lowest BCUT2D eigenvalue weighted by molar-refractivity contribution is -0.167. The number of carbonyl (C=O) groups excluding carboxylic acids is 3. The van der Waals surface area contributed by atoms with Crippen molar-refractivity contribution in [3.05, 3.63) is 36.5 Å². The molecule has 0 aromatic heterocycles. The second-order valence-electron chi connectivity index (χ2n) is 19.2. The molecule has 65 heavy (non-hydrogen) atoms. The fourth-order valence-corrected chi connectivity index (χ4v) is 8.29. The minimum atomic E-state index is -0.774. The van der Waals surface area contributed by atoms with Crippen molar-refractivity contribution in [3.8, 4) is 0 Å². The third-order valence-electron chi connectivity index (χ3n) is 12.6. The van der Waals surface area contributed by atoms with Gasteiger partial charge in [-0.3, -0.25) is 14.4 Å². The van der Waals surface area contributed by atoms with Crippen molar-refractivity contribution < 1.29 is 28.6 Å². The normalized spacial score (nSPS) is 12.2. The quantitative estimate of drug-likeness (QED) is 0.0262. The predicted octanol–water partition coefficient (Wildman–Crippen LogP) is 18.9. The zero-order valence-electron chi connectivity index (χ0n) is 43.5. The largest absolute Gasteiger partial charge is 0.462 e. The van der Waals surface area contributed by atoms with Gasteiger partial charge in [-0.05, 0) is 77.0 Å². The average molecular weight is 914 g/mol. The Hall–Kier alpha value is -2.37. The van der Waals surface area contributed by atoms with Gasteiger partial charge in [0, 0.05) is 19.3 Å². The molecule has 0 aliphatic carbocycles. The van der Waals surface area contributed by atoms with Crippen molar-refractivity contribution in [2.45, 2.75) is 309 Å². The highest BCUT2D eigenvalue weighted by atomic mass is 16.6. The molecule has 0 aliphatic heterocycles. The lowest BCUT2D eigenvalue weighted by Crippen LogP contribution is -2.30. The molecule has 0 aromatic carbocycles. The molecule has 0 radical (unpaired) electrons. The van der Waals surface area contributed by atoms with Gasteiger partial charge in [-0.1, -0.05) is 243 Å². The van der Waals surface area contributed by atoms with E-state index in [2.05, 4.69) is 57.2 Å². The fourth-order valence-electron chi connectivity index (χ4n) is 8.29. The van der Waals surface area contributed by atoms with E-state index in [0.717, 1.165) is 70.6 Å². The van der Waals surface area contributed by atoms with Crippen LogP contribution in [-0.2, 0) is 28.6 Å². The summed E-state index contributed by atoms with van der Waals surface area (Å²) in [6.45, 7) is 6.63. The Morgan fingerprint density at radius 3 is 0.892 bits per heavy atom. The summed E-state index contributed by atoms with van der Waals surface area (Å²) in [4.78, 5) is 38.1. The zero-order valence-corrected chi connectivity index (χ0v) is 43.5. The van der Waals surface area contributed by atoms with Gasteiger partial charge in [0.1, 0.15) is 13.2 Å². The minimum absolute atomic E-state index is 0.0729. The third kappa shape index (κ3) is 52.5. The topological polar surface area (TPSA) is 78.9 Å².